The van der Waals surface area contributed by atoms with Gasteiger partial charge in [0.05, 0.1) is 5.25 Å². The Morgan fingerprint density at radius 3 is 2.52 bits per heavy atom. The molecule has 2 unspecified atom stereocenters. The first-order valence-corrected chi connectivity index (χ1v) is 9.20. The molecule has 0 aliphatic rings. The van der Waals surface area contributed by atoms with Crippen LogP contribution in [0.25, 0.3) is 11.0 Å². The van der Waals surface area contributed by atoms with Gasteiger partial charge in [-0.15, -0.1) is 0 Å². The average Bonchev–Trinajstić information content (AvgIpc) is 2.88. The number of carboxylic acid groups (broad SMARTS) is 1. The van der Waals surface area contributed by atoms with Crippen molar-refractivity contribution in [3.8, 4) is 0 Å². The van der Waals surface area contributed by atoms with Crippen LogP contribution in [0.1, 0.15) is 30.0 Å². The van der Waals surface area contributed by atoms with Gasteiger partial charge in [0, 0.05) is 24.2 Å². The van der Waals surface area contributed by atoms with Crippen molar-refractivity contribution < 1.29 is 22.7 Å². The van der Waals surface area contributed by atoms with Gasteiger partial charge in [-0.05, 0) is 44.7 Å². The van der Waals surface area contributed by atoms with E-state index < -0.39 is 21.1 Å². The number of furan rings is 1. The van der Waals surface area contributed by atoms with E-state index >= 15 is 0 Å². The van der Waals surface area contributed by atoms with E-state index in [1.807, 2.05) is 31.0 Å². The van der Waals surface area contributed by atoms with Crippen LogP contribution in [-0.2, 0) is 16.4 Å². The summed E-state index contributed by atoms with van der Waals surface area (Å²) in [4.78, 5) is 12.9. The van der Waals surface area contributed by atoms with Gasteiger partial charge in [0.1, 0.15) is 5.58 Å². The SMILES string of the molecule is CC(C(C)S(C)(=O)=O)N(C)Cc1ccc2oc(C(=O)O)cc2c1. The summed E-state index contributed by atoms with van der Waals surface area (Å²) >= 11 is 0. The summed E-state index contributed by atoms with van der Waals surface area (Å²) < 4.78 is 28.6. The fourth-order valence-electron chi connectivity index (χ4n) is 2.44. The number of benzene rings is 1. The minimum atomic E-state index is -3.10. The van der Waals surface area contributed by atoms with Gasteiger partial charge in [-0.3, -0.25) is 4.90 Å². The molecule has 0 amide bonds. The highest BCUT2D eigenvalue weighted by Crippen LogP contribution is 2.22. The predicted octanol–water partition coefficient (Wildman–Crippen LogP) is 2.38. The number of rotatable bonds is 6. The summed E-state index contributed by atoms with van der Waals surface area (Å²) in [7, 11) is -1.23. The molecule has 2 aromatic rings. The number of carboxylic acids is 1. The van der Waals surface area contributed by atoms with E-state index in [1.165, 1.54) is 12.3 Å². The Bertz CT molecular complexity index is 824. The van der Waals surface area contributed by atoms with E-state index in [0.29, 0.717) is 12.1 Å². The van der Waals surface area contributed by atoms with Crippen LogP contribution < -0.4 is 0 Å². The number of fused-ring (bicyclic) bond motifs is 1. The van der Waals surface area contributed by atoms with Crippen molar-refractivity contribution in [2.45, 2.75) is 31.7 Å². The van der Waals surface area contributed by atoms with Crippen molar-refractivity contribution in [3.63, 3.8) is 0 Å². The number of sulfone groups is 1. The van der Waals surface area contributed by atoms with Gasteiger partial charge in [0.15, 0.2) is 9.84 Å². The number of nitrogens with zero attached hydrogens (tertiary/aromatic N) is 1. The van der Waals surface area contributed by atoms with Crippen LogP contribution in [-0.4, -0.2) is 49.0 Å². The van der Waals surface area contributed by atoms with Crippen LogP contribution in [0.5, 0.6) is 0 Å². The first-order valence-electron chi connectivity index (χ1n) is 7.24. The van der Waals surface area contributed by atoms with Crippen molar-refractivity contribution in [1.82, 2.24) is 4.90 Å². The molecular weight excluding hydrogens is 318 g/mol. The highest BCUT2D eigenvalue weighted by atomic mass is 32.2. The monoisotopic (exact) mass is 339 g/mol. The second-order valence-corrected chi connectivity index (χ2v) is 8.38. The number of carbonyl (C=O) groups is 1. The fraction of sp³-hybridized carbons (Fsp3) is 0.438. The molecule has 2 rings (SSSR count). The van der Waals surface area contributed by atoms with Gasteiger partial charge in [0.25, 0.3) is 0 Å². The van der Waals surface area contributed by atoms with E-state index in [1.54, 1.807) is 13.0 Å². The third-order valence-electron chi connectivity index (χ3n) is 4.27. The standard InChI is InChI=1S/C16H21NO5S/c1-10(11(2)23(4,20)21)17(3)9-12-5-6-14-13(7-12)8-15(22-14)16(18)19/h5-8,10-11H,9H2,1-4H3,(H,18,19). The predicted molar refractivity (Wildman–Crippen MR) is 88.4 cm³/mol. The lowest BCUT2D eigenvalue weighted by molar-refractivity contribution is 0.0665. The van der Waals surface area contributed by atoms with Crippen molar-refractivity contribution >= 4 is 26.8 Å². The molecule has 1 N–H and O–H groups in total. The molecule has 0 spiro atoms. The highest BCUT2D eigenvalue weighted by molar-refractivity contribution is 7.91. The van der Waals surface area contributed by atoms with Gasteiger partial charge in [0.2, 0.25) is 5.76 Å². The largest absolute Gasteiger partial charge is 0.475 e. The van der Waals surface area contributed by atoms with Gasteiger partial charge >= 0.3 is 5.97 Å². The number of aromatic carboxylic acids is 1. The van der Waals surface area contributed by atoms with E-state index in [9.17, 15) is 13.2 Å². The van der Waals surface area contributed by atoms with E-state index in [0.717, 1.165) is 10.9 Å². The molecule has 1 aromatic carbocycles. The third kappa shape index (κ3) is 3.92. The second kappa shape index (κ2) is 6.33. The summed E-state index contributed by atoms with van der Waals surface area (Å²) in [6.45, 7) is 4.14. The zero-order valence-corrected chi connectivity index (χ0v) is 14.4. The maximum absolute atomic E-state index is 11.7. The number of hydrogen-bond donors (Lipinski definition) is 1. The molecule has 0 saturated carbocycles. The normalized spacial score (nSPS) is 15.0. The molecule has 0 saturated heterocycles. The second-order valence-electron chi connectivity index (χ2n) is 5.98. The van der Waals surface area contributed by atoms with Crippen LogP contribution in [0.4, 0.5) is 0 Å². The van der Waals surface area contributed by atoms with Gasteiger partial charge in [-0.1, -0.05) is 6.07 Å². The smallest absolute Gasteiger partial charge is 0.371 e. The average molecular weight is 339 g/mol. The Kier molecular flexibility index (Phi) is 4.81. The van der Waals surface area contributed by atoms with Crippen molar-refractivity contribution in [3.05, 3.63) is 35.6 Å². The molecule has 1 aromatic heterocycles. The number of hydrogen-bond acceptors (Lipinski definition) is 5. The first-order chi connectivity index (χ1) is 10.6. The molecule has 0 radical (unpaired) electrons. The third-order valence-corrected chi connectivity index (χ3v) is 6.02. The van der Waals surface area contributed by atoms with Crippen LogP contribution in [0.2, 0.25) is 0 Å². The quantitative estimate of drug-likeness (QED) is 0.869. The first kappa shape index (κ1) is 17.5. The Morgan fingerprint density at radius 1 is 1.30 bits per heavy atom. The Morgan fingerprint density at radius 2 is 1.96 bits per heavy atom. The van der Waals surface area contributed by atoms with Crippen LogP contribution >= 0.6 is 0 Å². The van der Waals surface area contributed by atoms with E-state index in [4.69, 9.17) is 9.52 Å². The fourth-order valence-corrected chi connectivity index (χ4v) is 3.37. The Hall–Kier alpha value is -1.86. The zero-order chi connectivity index (χ0) is 17.4. The molecule has 23 heavy (non-hydrogen) atoms. The molecule has 1 heterocycles. The molecular formula is C16H21NO5S. The summed E-state index contributed by atoms with van der Waals surface area (Å²) in [6, 6.07) is 6.80. The molecule has 0 bridgehead atoms. The maximum atomic E-state index is 11.7. The lowest BCUT2D eigenvalue weighted by Gasteiger charge is -2.28. The minimum Gasteiger partial charge on any atom is -0.475 e. The molecule has 0 fully saturated rings. The van der Waals surface area contributed by atoms with Crippen LogP contribution in [0.15, 0.2) is 28.7 Å². The zero-order valence-electron chi connectivity index (χ0n) is 13.6. The lowest BCUT2D eigenvalue weighted by Crippen LogP contribution is -2.40. The Balaban J connectivity index is 2.19. The highest BCUT2D eigenvalue weighted by Gasteiger charge is 2.25. The maximum Gasteiger partial charge on any atom is 0.371 e. The summed E-state index contributed by atoms with van der Waals surface area (Å²) in [5.74, 6) is -1.19. The van der Waals surface area contributed by atoms with Gasteiger partial charge in [-0.2, -0.15) is 0 Å². The van der Waals surface area contributed by atoms with Crippen LogP contribution in [0, 0.1) is 0 Å². The van der Waals surface area contributed by atoms with E-state index in [-0.39, 0.29) is 11.8 Å². The van der Waals surface area contributed by atoms with Crippen LogP contribution in [0.3, 0.4) is 0 Å². The minimum absolute atomic E-state index is 0.0930. The van der Waals surface area contributed by atoms with Crippen molar-refractivity contribution in [2.24, 2.45) is 0 Å². The summed E-state index contributed by atoms with van der Waals surface area (Å²) in [6.07, 6.45) is 1.24. The molecule has 2 atom stereocenters. The molecule has 7 heteroatoms. The van der Waals surface area contributed by atoms with E-state index in [2.05, 4.69) is 0 Å². The Labute approximate surface area is 135 Å². The summed E-state index contributed by atoms with van der Waals surface area (Å²) in [5.41, 5.74) is 1.48. The molecule has 0 aliphatic carbocycles. The molecule has 126 valence electrons. The van der Waals surface area contributed by atoms with Gasteiger partial charge < -0.3 is 9.52 Å². The van der Waals surface area contributed by atoms with Gasteiger partial charge in [-0.25, -0.2) is 13.2 Å². The topological polar surface area (TPSA) is 87.8 Å². The van der Waals surface area contributed by atoms with Crippen molar-refractivity contribution in [2.75, 3.05) is 13.3 Å². The lowest BCUT2D eigenvalue weighted by atomic mass is 10.1. The summed E-state index contributed by atoms with van der Waals surface area (Å²) in [5, 5.41) is 9.20. The molecule has 0 aliphatic heterocycles. The molecule has 6 nitrogen and oxygen atoms in total. The van der Waals surface area contributed by atoms with Crippen molar-refractivity contribution in [1.29, 1.82) is 0 Å².